The van der Waals surface area contributed by atoms with Crippen LogP contribution < -0.4 is 21.2 Å². The van der Waals surface area contributed by atoms with Gasteiger partial charge in [0.15, 0.2) is 10.9 Å². The lowest BCUT2D eigenvalue weighted by Gasteiger charge is -2.13. The SMILES string of the molecule is CCOc1ccc(NC(=O)c2oc3c(c2C)/C(=N/NC(N)=S)CCC3)cc1. The van der Waals surface area contributed by atoms with Gasteiger partial charge in [-0.3, -0.25) is 10.2 Å². The second kappa shape index (κ2) is 8.22. The van der Waals surface area contributed by atoms with Crippen LogP contribution in [0, 0.1) is 6.92 Å². The van der Waals surface area contributed by atoms with Gasteiger partial charge in [0.2, 0.25) is 0 Å². The summed E-state index contributed by atoms with van der Waals surface area (Å²) in [6.07, 6.45) is 2.42. The molecule has 0 spiro atoms. The van der Waals surface area contributed by atoms with E-state index in [0.717, 1.165) is 47.6 Å². The van der Waals surface area contributed by atoms with E-state index in [4.69, 9.17) is 27.1 Å². The maximum atomic E-state index is 12.7. The molecule has 1 aliphatic rings. The normalized spacial score (nSPS) is 14.5. The van der Waals surface area contributed by atoms with E-state index in [1.54, 1.807) is 12.1 Å². The number of benzene rings is 1. The standard InChI is InChI=1S/C19H22N4O3S/c1-3-25-13-9-7-12(8-10-13)21-18(24)17-11(2)16-14(22-23-19(20)27)5-4-6-15(16)26-17/h7-10H,3-6H2,1-2H3,(H,21,24)(H3,20,23,27)/b22-14+. The highest BCUT2D eigenvalue weighted by atomic mass is 32.1. The van der Waals surface area contributed by atoms with Gasteiger partial charge in [0, 0.05) is 23.2 Å². The van der Waals surface area contributed by atoms with Gasteiger partial charge < -0.3 is 20.2 Å². The monoisotopic (exact) mass is 386 g/mol. The van der Waals surface area contributed by atoms with Gasteiger partial charge in [-0.15, -0.1) is 0 Å². The molecule has 0 atom stereocenters. The maximum Gasteiger partial charge on any atom is 0.291 e. The number of amides is 1. The average Bonchev–Trinajstić information content (AvgIpc) is 2.99. The van der Waals surface area contributed by atoms with Crippen molar-refractivity contribution in [2.75, 3.05) is 11.9 Å². The number of ether oxygens (including phenoxy) is 1. The first kappa shape index (κ1) is 18.9. The molecule has 8 heteroatoms. The molecule has 4 N–H and O–H groups in total. The number of fused-ring (bicyclic) bond motifs is 1. The third kappa shape index (κ3) is 4.28. The number of furan rings is 1. The van der Waals surface area contributed by atoms with Gasteiger partial charge in [0.1, 0.15) is 11.5 Å². The zero-order chi connectivity index (χ0) is 19.4. The molecule has 0 saturated carbocycles. The van der Waals surface area contributed by atoms with Crippen LogP contribution in [0.15, 0.2) is 33.8 Å². The lowest BCUT2D eigenvalue weighted by Crippen LogP contribution is -2.26. The Morgan fingerprint density at radius 1 is 1.33 bits per heavy atom. The number of rotatable bonds is 5. The summed E-state index contributed by atoms with van der Waals surface area (Å²) in [7, 11) is 0. The number of nitrogens with zero attached hydrogens (tertiary/aromatic N) is 1. The third-order valence-corrected chi connectivity index (χ3v) is 4.35. The van der Waals surface area contributed by atoms with Gasteiger partial charge in [-0.05, 0) is 63.2 Å². The first-order valence-corrected chi connectivity index (χ1v) is 9.19. The Labute approximate surface area is 163 Å². The molecule has 0 unspecified atom stereocenters. The quantitative estimate of drug-likeness (QED) is 0.539. The molecule has 27 heavy (non-hydrogen) atoms. The average molecular weight is 386 g/mol. The Kier molecular flexibility index (Phi) is 5.75. The summed E-state index contributed by atoms with van der Waals surface area (Å²) >= 11 is 4.80. The maximum absolute atomic E-state index is 12.7. The van der Waals surface area contributed by atoms with Crippen LogP contribution in [0.1, 0.15) is 47.2 Å². The molecule has 7 nitrogen and oxygen atoms in total. The van der Waals surface area contributed by atoms with Crippen LogP contribution in [0.5, 0.6) is 5.75 Å². The van der Waals surface area contributed by atoms with Gasteiger partial charge in [-0.2, -0.15) is 5.10 Å². The van der Waals surface area contributed by atoms with Crippen LogP contribution >= 0.6 is 12.2 Å². The van der Waals surface area contributed by atoms with Crippen molar-refractivity contribution in [2.24, 2.45) is 10.8 Å². The molecule has 0 saturated heterocycles. The fraction of sp³-hybridized carbons (Fsp3) is 0.316. The van der Waals surface area contributed by atoms with E-state index in [2.05, 4.69) is 15.8 Å². The topological polar surface area (TPSA) is 102 Å². The molecule has 0 bridgehead atoms. The molecule has 1 aromatic carbocycles. The summed E-state index contributed by atoms with van der Waals surface area (Å²) in [6.45, 7) is 4.37. The number of nitrogens with one attached hydrogen (secondary N) is 2. The van der Waals surface area contributed by atoms with Crippen molar-refractivity contribution < 1.29 is 13.9 Å². The molecule has 3 rings (SSSR count). The zero-order valence-corrected chi connectivity index (χ0v) is 16.1. The minimum absolute atomic E-state index is 0.101. The number of anilines is 1. The van der Waals surface area contributed by atoms with Crippen molar-refractivity contribution in [1.82, 2.24) is 5.43 Å². The molecule has 0 aliphatic heterocycles. The van der Waals surface area contributed by atoms with Crippen LogP contribution in [-0.2, 0) is 6.42 Å². The number of carbonyl (C=O) groups excluding carboxylic acids is 1. The number of aryl methyl sites for hydroxylation is 1. The minimum atomic E-state index is -0.298. The van der Waals surface area contributed by atoms with Crippen LogP contribution in [0.25, 0.3) is 0 Å². The molecule has 0 fully saturated rings. The summed E-state index contributed by atoms with van der Waals surface area (Å²) in [4.78, 5) is 12.7. The predicted octanol–water partition coefficient (Wildman–Crippen LogP) is 3.11. The summed E-state index contributed by atoms with van der Waals surface area (Å²) in [6, 6.07) is 7.21. The Balaban J connectivity index is 1.82. The van der Waals surface area contributed by atoms with E-state index >= 15 is 0 Å². The molecule has 1 amide bonds. The summed E-state index contributed by atoms with van der Waals surface area (Å²) < 4.78 is 11.3. The molecule has 142 valence electrons. The Bertz CT molecular complexity index is 887. The van der Waals surface area contributed by atoms with Crippen LogP contribution in [0.3, 0.4) is 0 Å². The molecule has 1 heterocycles. The smallest absolute Gasteiger partial charge is 0.291 e. The third-order valence-electron chi connectivity index (χ3n) is 4.26. The van der Waals surface area contributed by atoms with Crippen LogP contribution in [0.4, 0.5) is 5.69 Å². The number of nitrogens with two attached hydrogens (primary N) is 1. The van der Waals surface area contributed by atoms with E-state index in [1.165, 1.54) is 0 Å². The molecule has 1 aliphatic carbocycles. The predicted molar refractivity (Wildman–Crippen MR) is 108 cm³/mol. The summed E-state index contributed by atoms with van der Waals surface area (Å²) in [5.74, 6) is 1.51. The van der Waals surface area contributed by atoms with Crippen molar-refractivity contribution in [2.45, 2.75) is 33.1 Å². The van der Waals surface area contributed by atoms with E-state index in [1.807, 2.05) is 26.0 Å². The lowest BCUT2D eigenvalue weighted by atomic mass is 9.93. The lowest BCUT2D eigenvalue weighted by molar-refractivity contribution is 0.0994. The first-order valence-electron chi connectivity index (χ1n) is 8.78. The van der Waals surface area contributed by atoms with Gasteiger partial charge in [0.25, 0.3) is 5.91 Å². The minimum Gasteiger partial charge on any atom is -0.494 e. The highest BCUT2D eigenvalue weighted by Crippen LogP contribution is 2.30. The second-order valence-corrected chi connectivity index (χ2v) is 6.59. The highest BCUT2D eigenvalue weighted by molar-refractivity contribution is 7.80. The number of hydrogen-bond acceptors (Lipinski definition) is 5. The Morgan fingerprint density at radius 2 is 2.07 bits per heavy atom. The molecular weight excluding hydrogens is 364 g/mol. The summed E-state index contributed by atoms with van der Waals surface area (Å²) in [5.41, 5.74) is 11.2. The number of hydrogen-bond donors (Lipinski definition) is 3. The Morgan fingerprint density at radius 3 is 2.74 bits per heavy atom. The largest absolute Gasteiger partial charge is 0.494 e. The molecule has 1 aromatic heterocycles. The van der Waals surface area contributed by atoms with E-state index in [9.17, 15) is 4.79 Å². The van der Waals surface area contributed by atoms with Gasteiger partial charge >= 0.3 is 0 Å². The summed E-state index contributed by atoms with van der Waals surface area (Å²) in [5, 5.41) is 7.22. The van der Waals surface area contributed by atoms with E-state index < -0.39 is 0 Å². The molecule has 2 aromatic rings. The van der Waals surface area contributed by atoms with E-state index in [0.29, 0.717) is 18.1 Å². The molecular formula is C19H22N4O3S. The van der Waals surface area contributed by atoms with Crippen LogP contribution in [-0.4, -0.2) is 23.3 Å². The van der Waals surface area contributed by atoms with E-state index in [-0.39, 0.29) is 11.0 Å². The number of carbonyl (C=O) groups is 1. The Hall–Kier alpha value is -2.87. The second-order valence-electron chi connectivity index (χ2n) is 6.15. The first-order chi connectivity index (χ1) is 13.0. The molecule has 0 radical (unpaired) electrons. The number of thiocarbonyl (C=S) groups is 1. The van der Waals surface area contributed by atoms with Gasteiger partial charge in [-0.1, -0.05) is 0 Å². The van der Waals surface area contributed by atoms with Crippen molar-refractivity contribution >= 4 is 34.6 Å². The van der Waals surface area contributed by atoms with Gasteiger partial charge in [0.05, 0.1) is 12.3 Å². The van der Waals surface area contributed by atoms with Crippen molar-refractivity contribution in [3.63, 3.8) is 0 Å². The van der Waals surface area contributed by atoms with Crippen LogP contribution in [0.2, 0.25) is 0 Å². The fourth-order valence-electron chi connectivity index (χ4n) is 3.11. The number of hydrazone groups is 1. The van der Waals surface area contributed by atoms with Crippen molar-refractivity contribution in [3.05, 3.63) is 46.9 Å². The van der Waals surface area contributed by atoms with Gasteiger partial charge in [-0.25, -0.2) is 0 Å². The fourth-order valence-corrected chi connectivity index (χ4v) is 3.15. The van der Waals surface area contributed by atoms with Crippen molar-refractivity contribution in [1.29, 1.82) is 0 Å². The van der Waals surface area contributed by atoms with Crippen molar-refractivity contribution in [3.8, 4) is 5.75 Å². The zero-order valence-electron chi connectivity index (χ0n) is 15.3. The highest BCUT2D eigenvalue weighted by Gasteiger charge is 2.28.